The van der Waals surface area contributed by atoms with E-state index in [9.17, 15) is 28.8 Å². The number of amides is 5. The van der Waals surface area contributed by atoms with E-state index in [1.165, 1.54) is 12.2 Å². The van der Waals surface area contributed by atoms with Crippen molar-refractivity contribution in [3.05, 3.63) is 65.7 Å². The molecule has 2 aromatic rings. The summed E-state index contributed by atoms with van der Waals surface area (Å²) in [4.78, 5) is 78.2. The molecule has 0 aromatic heterocycles. The predicted molar refractivity (Wildman–Crippen MR) is 125 cm³/mol. The van der Waals surface area contributed by atoms with Gasteiger partial charge < -0.3 is 10.2 Å². The van der Waals surface area contributed by atoms with Crippen LogP contribution in [-0.4, -0.2) is 52.0 Å². The van der Waals surface area contributed by atoms with Gasteiger partial charge >= 0.3 is 5.97 Å². The number of imide groups is 2. The van der Waals surface area contributed by atoms with Crippen LogP contribution in [0.4, 0.5) is 5.69 Å². The molecule has 1 unspecified atom stereocenters. The van der Waals surface area contributed by atoms with Gasteiger partial charge in [0.1, 0.15) is 0 Å². The zero-order chi connectivity index (χ0) is 25.4. The van der Waals surface area contributed by atoms with E-state index in [0.717, 1.165) is 27.2 Å². The lowest BCUT2D eigenvalue weighted by atomic mass is 9.93. The molecule has 1 atom stereocenters. The van der Waals surface area contributed by atoms with Crippen molar-refractivity contribution < 1.29 is 33.6 Å². The Balaban J connectivity index is 1.31. The lowest BCUT2D eigenvalue weighted by Crippen LogP contribution is -2.33. The Kier molecular flexibility index (Phi) is 5.93. The molecule has 182 valence electrons. The van der Waals surface area contributed by atoms with Crippen molar-refractivity contribution in [2.24, 2.45) is 0 Å². The van der Waals surface area contributed by atoms with Crippen molar-refractivity contribution >= 4 is 41.2 Å². The van der Waals surface area contributed by atoms with Crippen LogP contribution in [-0.2, 0) is 33.6 Å². The zero-order valence-electron chi connectivity index (χ0n) is 19.1. The standard InChI is InChI=1S/C26H21N3O7/c30-21(11-12-28-22(31)7-8-23(28)32)27-15-5-6-18-16-3-1-2-4-17(16)20(19(18)13-15)14-26(35)36-29-24(33)9-10-25(29)34/h1-8,13,20H,9-12,14H2,(H,27,30). The van der Waals surface area contributed by atoms with E-state index >= 15 is 0 Å². The average molecular weight is 487 g/mol. The molecule has 5 rings (SSSR count). The molecule has 2 aliphatic heterocycles. The fourth-order valence-corrected chi connectivity index (χ4v) is 4.66. The Morgan fingerprint density at radius 2 is 1.56 bits per heavy atom. The van der Waals surface area contributed by atoms with Crippen molar-refractivity contribution in [1.29, 1.82) is 0 Å². The molecule has 2 aromatic carbocycles. The number of hydrogen-bond donors (Lipinski definition) is 1. The fraction of sp³-hybridized carbons (Fsp3) is 0.231. The lowest BCUT2D eigenvalue weighted by Gasteiger charge is -2.17. The Morgan fingerprint density at radius 1 is 0.889 bits per heavy atom. The fourth-order valence-electron chi connectivity index (χ4n) is 4.66. The van der Waals surface area contributed by atoms with Crippen LogP contribution in [0.5, 0.6) is 0 Å². The van der Waals surface area contributed by atoms with E-state index in [-0.39, 0.29) is 38.1 Å². The van der Waals surface area contributed by atoms with Gasteiger partial charge in [0, 0.05) is 49.6 Å². The van der Waals surface area contributed by atoms with E-state index < -0.39 is 35.5 Å². The summed E-state index contributed by atoms with van der Waals surface area (Å²) < 4.78 is 0. The maximum absolute atomic E-state index is 12.7. The van der Waals surface area contributed by atoms with Crippen LogP contribution in [0.15, 0.2) is 54.6 Å². The first kappa shape index (κ1) is 23.2. The topological polar surface area (TPSA) is 130 Å². The van der Waals surface area contributed by atoms with Gasteiger partial charge in [0.2, 0.25) is 5.91 Å². The SMILES string of the molecule is O=C(CCN1C(=O)C=CC1=O)Nc1ccc2c(c1)C(CC(=O)ON1C(=O)CCC1=O)c1ccccc1-2. The third-order valence-corrected chi connectivity index (χ3v) is 6.37. The van der Waals surface area contributed by atoms with Gasteiger partial charge in [-0.1, -0.05) is 30.3 Å². The number of anilines is 1. The molecule has 1 fully saturated rings. The number of nitrogens with one attached hydrogen (secondary N) is 1. The van der Waals surface area contributed by atoms with E-state index in [1.807, 2.05) is 30.3 Å². The smallest absolute Gasteiger partial charge is 0.330 e. The van der Waals surface area contributed by atoms with Gasteiger partial charge in [-0.3, -0.25) is 28.9 Å². The summed E-state index contributed by atoms with van der Waals surface area (Å²) in [6, 6.07) is 12.9. The molecule has 1 saturated heterocycles. The minimum atomic E-state index is -0.714. The molecular weight excluding hydrogens is 466 g/mol. The zero-order valence-corrected chi connectivity index (χ0v) is 19.1. The summed E-state index contributed by atoms with van der Waals surface area (Å²) in [5.41, 5.74) is 4.01. The lowest BCUT2D eigenvalue weighted by molar-refractivity contribution is -0.197. The molecule has 10 nitrogen and oxygen atoms in total. The van der Waals surface area contributed by atoms with Gasteiger partial charge in [0.05, 0.1) is 6.42 Å². The van der Waals surface area contributed by atoms with E-state index in [1.54, 1.807) is 12.1 Å². The average Bonchev–Trinajstić information content (AvgIpc) is 3.46. The minimum Gasteiger partial charge on any atom is -0.330 e. The molecule has 1 N–H and O–H groups in total. The third kappa shape index (κ3) is 4.28. The van der Waals surface area contributed by atoms with Crippen LogP contribution in [0.2, 0.25) is 0 Å². The molecule has 2 heterocycles. The monoisotopic (exact) mass is 487 g/mol. The number of carbonyl (C=O) groups is 6. The first-order chi connectivity index (χ1) is 17.3. The van der Waals surface area contributed by atoms with Crippen LogP contribution >= 0.6 is 0 Å². The second-order valence-electron chi connectivity index (χ2n) is 8.65. The van der Waals surface area contributed by atoms with E-state index in [4.69, 9.17) is 4.84 Å². The number of hydrogen-bond acceptors (Lipinski definition) is 7. The van der Waals surface area contributed by atoms with Crippen LogP contribution in [0, 0.1) is 0 Å². The van der Waals surface area contributed by atoms with Gasteiger partial charge in [-0.15, -0.1) is 5.06 Å². The van der Waals surface area contributed by atoms with Crippen LogP contribution in [0.25, 0.3) is 11.1 Å². The highest BCUT2D eigenvalue weighted by atomic mass is 16.7. The van der Waals surface area contributed by atoms with Crippen molar-refractivity contribution in [3.8, 4) is 11.1 Å². The largest absolute Gasteiger partial charge is 0.334 e. The summed E-state index contributed by atoms with van der Waals surface area (Å²) in [5, 5.41) is 3.31. The van der Waals surface area contributed by atoms with Crippen molar-refractivity contribution in [2.75, 3.05) is 11.9 Å². The quantitative estimate of drug-likeness (QED) is 0.592. The second kappa shape index (κ2) is 9.21. The molecule has 0 saturated carbocycles. The van der Waals surface area contributed by atoms with Crippen molar-refractivity contribution in [1.82, 2.24) is 9.96 Å². The molecule has 5 amide bonds. The number of rotatable bonds is 7. The van der Waals surface area contributed by atoms with Gasteiger partial charge in [-0.05, 0) is 34.4 Å². The Bertz CT molecular complexity index is 1330. The maximum Gasteiger partial charge on any atom is 0.334 e. The number of nitrogens with zero attached hydrogens (tertiary/aromatic N) is 2. The summed E-state index contributed by atoms with van der Waals surface area (Å²) in [5.74, 6) is -3.48. The molecule has 1 aliphatic carbocycles. The predicted octanol–water partition coefficient (Wildman–Crippen LogP) is 2.05. The number of carbonyl (C=O) groups excluding carboxylic acids is 6. The molecule has 0 bridgehead atoms. The highest BCUT2D eigenvalue weighted by Gasteiger charge is 2.36. The molecule has 36 heavy (non-hydrogen) atoms. The van der Waals surface area contributed by atoms with E-state index in [0.29, 0.717) is 10.8 Å². The number of fused-ring (bicyclic) bond motifs is 3. The Morgan fingerprint density at radius 3 is 2.28 bits per heavy atom. The molecule has 0 radical (unpaired) electrons. The third-order valence-electron chi connectivity index (χ3n) is 6.37. The number of benzene rings is 2. The van der Waals surface area contributed by atoms with Gasteiger partial charge in [0.15, 0.2) is 0 Å². The van der Waals surface area contributed by atoms with Crippen LogP contribution < -0.4 is 5.32 Å². The van der Waals surface area contributed by atoms with Gasteiger partial charge in [0.25, 0.3) is 23.6 Å². The molecule has 10 heteroatoms. The summed E-state index contributed by atoms with van der Waals surface area (Å²) >= 11 is 0. The molecular formula is C26H21N3O7. The first-order valence-corrected chi connectivity index (χ1v) is 11.4. The van der Waals surface area contributed by atoms with Crippen LogP contribution in [0.3, 0.4) is 0 Å². The Hall–Kier alpha value is -4.60. The Labute approximate surface area is 205 Å². The number of hydroxylamine groups is 2. The molecule has 3 aliphatic rings. The van der Waals surface area contributed by atoms with E-state index in [2.05, 4.69) is 5.32 Å². The summed E-state index contributed by atoms with van der Waals surface area (Å²) in [6.07, 6.45) is 2.19. The highest BCUT2D eigenvalue weighted by molar-refractivity contribution is 6.13. The first-order valence-electron chi connectivity index (χ1n) is 11.4. The molecule has 0 spiro atoms. The van der Waals surface area contributed by atoms with Crippen molar-refractivity contribution in [2.45, 2.75) is 31.6 Å². The van der Waals surface area contributed by atoms with Crippen LogP contribution in [0.1, 0.15) is 42.7 Å². The summed E-state index contributed by atoms with van der Waals surface area (Å²) in [6.45, 7) is -0.0325. The van der Waals surface area contributed by atoms with Crippen molar-refractivity contribution in [3.63, 3.8) is 0 Å². The normalized spacial score (nSPS) is 18.1. The maximum atomic E-state index is 12.7. The second-order valence-corrected chi connectivity index (χ2v) is 8.65. The minimum absolute atomic E-state index is 0.0147. The summed E-state index contributed by atoms with van der Waals surface area (Å²) in [7, 11) is 0. The highest BCUT2D eigenvalue weighted by Crippen LogP contribution is 2.47. The van der Waals surface area contributed by atoms with Gasteiger partial charge in [-0.2, -0.15) is 0 Å². The van der Waals surface area contributed by atoms with Gasteiger partial charge in [-0.25, -0.2) is 4.79 Å².